The molecule has 0 aliphatic rings. The maximum atomic E-state index is 12.0. The Morgan fingerprint density at radius 1 is 1.45 bits per heavy atom. The van der Waals surface area contributed by atoms with E-state index < -0.39 is 4.92 Å². The summed E-state index contributed by atoms with van der Waals surface area (Å²) < 4.78 is 6.54. The molecule has 8 nitrogen and oxygen atoms in total. The van der Waals surface area contributed by atoms with Crippen LogP contribution < -0.4 is 14.6 Å². The van der Waals surface area contributed by atoms with Crippen LogP contribution in [-0.2, 0) is 11.3 Å². The molecule has 114 valence electrons. The van der Waals surface area contributed by atoms with Crippen LogP contribution in [0.5, 0.6) is 11.5 Å². The van der Waals surface area contributed by atoms with Gasteiger partial charge in [0.2, 0.25) is 12.7 Å². The summed E-state index contributed by atoms with van der Waals surface area (Å²) >= 11 is 0. The third kappa shape index (κ3) is 3.69. The Balaban J connectivity index is 2.12. The predicted molar refractivity (Wildman–Crippen MR) is 76.6 cm³/mol. The van der Waals surface area contributed by atoms with Crippen molar-refractivity contribution >= 4 is 17.3 Å². The zero-order valence-electron chi connectivity index (χ0n) is 11.7. The lowest BCUT2D eigenvalue weighted by Gasteiger charge is -2.08. The number of rotatable bonds is 5. The molecule has 0 fully saturated rings. The molecule has 1 aromatic heterocycles. The number of nitrogens with zero attached hydrogens (tertiary/aromatic N) is 2. The highest BCUT2D eigenvalue weighted by molar-refractivity contribution is 5.91. The van der Waals surface area contributed by atoms with E-state index in [2.05, 4.69) is 5.32 Å². The number of aromatic nitrogens is 1. The summed E-state index contributed by atoms with van der Waals surface area (Å²) in [4.78, 5) is 22.1. The summed E-state index contributed by atoms with van der Waals surface area (Å²) in [5.74, 6) is -0.116. The van der Waals surface area contributed by atoms with Crippen LogP contribution in [0.15, 0.2) is 42.7 Å². The summed E-state index contributed by atoms with van der Waals surface area (Å²) in [6.45, 7) is -0.0193. The van der Waals surface area contributed by atoms with Gasteiger partial charge in [-0.3, -0.25) is 14.9 Å². The van der Waals surface area contributed by atoms with Gasteiger partial charge in [0.25, 0.3) is 11.6 Å². The second kappa shape index (κ2) is 6.53. The molecular weight excluding hydrogens is 290 g/mol. The molecule has 0 unspecified atom stereocenters. The van der Waals surface area contributed by atoms with Crippen LogP contribution in [0.2, 0.25) is 0 Å². The first-order chi connectivity index (χ1) is 10.5. The van der Waals surface area contributed by atoms with E-state index in [0.717, 1.165) is 0 Å². The van der Waals surface area contributed by atoms with E-state index in [9.17, 15) is 20.0 Å². The third-order valence-electron chi connectivity index (χ3n) is 2.84. The Labute approximate surface area is 125 Å². The summed E-state index contributed by atoms with van der Waals surface area (Å²) in [5.41, 5.74) is 0.205. The normalized spacial score (nSPS) is 10.0. The highest BCUT2D eigenvalue weighted by atomic mass is 16.6. The van der Waals surface area contributed by atoms with Gasteiger partial charge in [-0.15, -0.1) is 0 Å². The maximum absolute atomic E-state index is 12.0. The Hall–Kier alpha value is -3.16. The van der Waals surface area contributed by atoms with E-state index in [4.69, 9.17) is 4.74 Å². The number of nitrogens with one attached hydrogen (secondary N) is 1. The number of benzene rings is 1. The minimum atomic E-state index is -0.545. The van der Waals surface area contributed by atoms with E-state index in [0.29, 0.717) is 5.69 Å². The lowest BCUT2D eigenvalue weighted by Crippen LogP contribution is -2.39. The van der Waals surface area contributed by atoms with Crippen molar-refractivity contribution in [3.63, 3.8) is 0 Å². The molecule has 0 bridgehead atoms. The summed E-state index contributed by atoms with van der Waals surface area (Å²) in [6.07, 6.45) is 3.04. The van der Waals surface area contributed by atoms with Gasteiger partial charge in [0.05, 0.1) is 23.8 Å². The fraction of sp³-hybridized carbons (Fsp3) is 0.143. The average molecular weight is 304 g/mol. The van der Waals surface area contributed by atoms with E-state index in [1.54, 1.807) is 12.3 Å². The van der Waals surface area contributed by atoms with Crippen LogP contribution >= 0.6 is 0 Å². The SMILES string of the molecule is COc1cc([N+](=O)[O-])ccc1NC(=O)C[n+]1cccc(O)c1. The molecule has 0 aliphatic carbocycles. The van der Waals surface area contributed by atoms with E-state index in [1.165, 1.54) is 42.1 Å². The number of carbonyl (C=O) groups excluding carboxylic acids is 1. The van der Waals surface area contributed by atoms with E-state index in [-0.39, 0.29) is 29.6 Å². The predicted octanol–water partition coefficient (Wildman–Crippen LogP) is 1.24. The van der Waals surface area contributed by atoms with Crippen LogP contribution in [0.25, 0.3) is 0 Å². The fourth-order valence-electron chi connectivity index (χ4n) is 1.86. The van der Waals surface area contributed by atoms with Gasteiger partial charge in [-0.25, -0.2) is 0 Å². The molecule has 0 saturated carbocycles. The fourth-order valence-corrected chi connectivity index (χ4v) is 1.86. The number of non-ortho nitro benzene ring substituents is 1. The lowest BCUT2D eigenvalue weighted by atomic mass is 10.2. The number of anilines is 1. The van der Waals surface area contributed by atoms with Crippen molar-refractivity contribution in [2.75, 3.05) is 12.4 Å². The van der Waals surface area contributed by atoms with Gasteiger partial charge in [0.1, 0.15) is 5.75 Å². The Kier molecular flexibility index (Phi) is 4.52. The molecule has 1 amide bonds. The molecule has 0 radical (unpaired) electrons. The Morgan fingerprint density at radius 2 is 2.23 bits per heavy atom. The van der Waals surface area contributed by atoms with Gasteiger partial charge >= 0.3 is 0 Å². The number of carbonyl (C=O) groups is 1. The smallest absolute Gasteiger partial charge is 0.290 e. The first kappa shape index (κ1) is 15.2. The van der Waals surface area contributed by atoms with Crippen molar-refractivity contribution in [3.05, 3.63) is 52.8 Å². The number of methoxy groups -OCH3 is 1. The molecule has 1 heterocycles. The third-order valence-corrected chi connectivity index (χ3v) is 2.84. The van der Waals surface area contributed by atoms with E-state index in [1.807, 2.05) is 0 Å². The molecule has 22 heavy (non-hydrogen) atoms. The van der Waals surface area contributed by atoms with Crippen molar-refractivity contribution in [2.45, 2.75) is 6.54 Å². The molecular formula is C14H14N3O5+. The number of hydrogen-bond donors (Lipinski definition) is 2. The minimum absolute atomic E-state index is 0.0193. The zero-order valence-corrected chi connectivity index (χ0v) is 11.7. The number of aromatic hydroxyl groups is 1. The van der Waals surface area contributed by atoms with Crippen molar-refractivity contribution in [2.24, 2.45) is 0 Å². The van der Waals surface area contributed by atoms with Gasteiger partial charge in [0, 0.05) is 12.1 Å². The zero-order chi connectivity index (χ0) is 16.1. The Bertz CT molecular complexity index is 717. The van der Waals surface area contributed by atoms with Gasteiger partial charge < -0.3 is 15.2 Å². The van der Waals surface area contributed by atoms with Crippen molar-refractivity contribution in [1.82, 2.24) is 0 Å². The van der Waals surface area contributed by atoms with Gasteiger partial charge in [0.15, 0.2) is 11.9 Å². The molecule has 2 N–H and O–H groups in total. The second-order valence-corrected chi connectivity index (χ2v) is 4.42. The molecule has 0 spiro atoms. The Morgan fingerprint density at radius 3 is 2.86 bits per heavy atom. The van der Waals surface area contributed by atoms with Gasteiger partial charge in [-0.1, -0.05) is 0 Å². The minimum Gasteiger partial charge on any atom is -0.503 e. The highest BCUT2D eigenvalue weighted by Gasteiger charge is 2.15. The van der Waals surface area contributed by atoms with E-state index >= 15 is 0 Å². The topological polar surface area (TPSA) is 106 Å². The molecule has 0 atom stereocenters. The maximum Gasteiger partial charge on any atom is 0.290 e. The average Bonchev–Trinajstić information content (AvgIpc) is 2.47. The van der Waals surface area contributed by atoms with Crippen LogP contribution in [-0.4, -0.2) is 23.0 Å². The number of hydrogen-bond acceptors (Lipinski definition) is 5. The number of ether oxygens (including phenoxy) is 1. The van der Waals surface area contributed by atoms with Crippen molar-refractivity contribution in [3.8, 4) is 11.5 Å². The van der Waals surface area contributed by atoms with Gasteiger partial charge in [-0.05, 0) is 12.1 Å². The van der Waals surface area contributed by atoms with Crippen LogP contribution in [0.4, 0.5) is 11.4 Å². The molecule has 0 saturated heterocycles. The number of nitro benzene ring substituents is 1. The molecule has 8 heteroatoms. The summed E-state index contributed by atoms with van der Waals surface area (Å²) in [6, 6.07) is 7.02. The number of nitro groups is 1. The molecule has 1 aromatic carbocycles. The number of pyridine rings is 1. The van der Waals surface area contributed by atoms with Crippen molar-refractivity contribution < 1.29 is 24.1 Å². The standard InChI is InChI=1S/C14H13N3O5/c1-22-13-7-10(17(20)21)4-5-12(13)15-14(19)9-16-6-2-3-11(18)8-16/h2-8H,9H2,1H3,(H-,15,18,19)/p+1. The van der Waals surface area contributed by atoms with Crippen LogP contribution in [0.3, 0.4) is 0 Å². The largest absolute Gasteiger partial charge is 0.503 e. The van der Waals surface area contributed by atoms with Crippen LogP contribution in [0.1, 0.15) is 0 Å². The first-order valence-corrected chi connectivity index (χ1v) is 6.30. The first-order valence-electron chi connectivity index (χ1n) is 6.30. The summed E-state index contributed by atoms with van der Waals surface area (Å²) in [7, 11) is 1.36. The second-order valence-electron chi connectivity index (χ2n) is 4.42. The summed E-state index contributed by atoms with van der Waals surface area (Å²) in [5, 5.41) is 22.7. The van der Waals surface area contributed by atoms with Crippen LogP contribution in [0, 0.1) is 10.1 Å². The highest BCUT2D eigenvalue weighted by Crippen LogP contribution is 2.28. The van der Waals surface area contributed by atoms with Crippen molar-refractivity contribution in [1.29, 1.82) is 0 Å². The lowest BCUT2D eigenvalue weighted by molar-refractivity contribution is -0.684. The monoisotopic (exact) mass is 304 g/mol. The molecule has 0 aliphatic heterocycles. The van der Waals surface area contributed by atoms with Gasteiger partial charge in [-0.2, -0.15) is 4.57 Å². The number of amides is 1. The molecule has 2 aromatic rings. The quantitative estimate of drug-likeness (QED) is 0.491. The molecule has 2 rings (SSSR count).